The molecule has 0 aromatic heterocycles. The lowest BCUT2D eigenvalue weighted by Crippen LogP contribution is -2.18. The van der Waals surface area contributed by atoms with Crippen LogP contribution in [0.5, 0.6) is 0 Å². The Morgan fingerprint density at radius 1 is 1.21 bits per heavy atom. The van der Waals surface area contributed by atoms with Crippen molar-refractivity contribution in [1.29, 1.82) is 0 Å². The number of hydrogen-bond acceptors (Lipinski definition) is 2. The molecule has 2 unspecified atom stereocenters. The van der Waals surface area contributed by atoms with Crippen molar-refractivity contribution in [3.8, 4) is 0 Å². The second kappa shape index (κ2) is 4.19. The van der Waals surface area contributed by atoms with Crippen molar-refractivity contribution in [1.82, 2.24) is 4.90 Å². The highest BCUT2D eigenvalue weighted by Gasteiger charge is 2.39. The molecule has 0 spiro atoms. The van der Waals surface area contributed by atoms with E-state index in [1.807, 2.05) is 0 Å². The SMILES string of the molecule is CC(C)OCC1CC2CN(C)CC2C1. The fourth-order valence-corrected chi connectivity index (χ4v) is 3.12. The molecule has 2 rings (SSSR count). The molecule has 2 fully saturated rings. The van der Waals surface area contributed by atoms with E-state index in [0.29, 0.717) is 6.10 Å². The molecule has 2 nitrogen and oxygen atoms in total. The first-order valence-corrected chi connectivity index (χ1v) is 5.95. The molecule has 0 aromatic rings. The van der Waals surface area contributed by atoms with Crippen LogP contribution >= 0.6 is 0 Å². The minimum Gasteiger partial charge on any atom is -0.379 e. The number of nitrogens with zero attached hydrogens (tertiary/aromatic N) is 1. The zero-order valence-corrected chi connectivity index (χ0v) is 9.70. The first kappa shape index (κ1) is 10.4. The summed E-state index contributed by atoms with van der Waals surface area (Å²) in [6.07, 6.45) is 3.21. The van der Waals surface area contributed by atoms with Gasteiger partial charge in [0.15, 0.2) is 0 Å². The Morgan fingerprint density at radius 3 is 2.29 bits per heavy atom. The number of rotatable bonds is 3. The van der Waals surface area contributed by atoms with Gasteiger partial charge in [0, 0.05) is 19.7 Å². The summed E-state index contributed by atoms with van der Waals surface area (Å²) >= 11 is 0. The first-order valence-electron chi connectivity index (χ1n) is 5.95. The normalized spacial score (nSPS) is 38.1. The minimum atomic E-state index is 0.401. The van der Waals surface area contributed by atoms with Crippen molar-refractivity contribution >= 4 is 0 Å². The van der Waals surface area contributed by atoms with Gasteiger partial charge in [0.1, 0.15) is 0 Å². The number of fused-ring (bicyclic) bond motifs is 1. The summed E-state index contributed by atoms with van der Waals surface area (Å²) in [5.74, 6) is 2.79. The van der Waals surface area contributed by atoms with E-state index in [4.69, 9.17) is 4.74 Å². The van der Waals surface area contributed by atoms with Gasteiger partial charge in [0.25, 0.3) is 0 Å². The van der Waals surface area contributed by atoms with Crippen LogP contribution in [0.25, 0.3) is 0 Å². The van der Waals surface area contributed by atoms with E-state index >= 15 is 0 Å². The van der Waals surface area contributed by atoms with Crippen LogP contribution in [0.3, 0.4) is 0 Å². The summed E-state index contributed by atoms with van der Waals surface area (Å²) in [7, 11) is 2.25. The highest BCUT2D eigenvalue weighted by Crippen LogP contribution is 2.41. The molecule has 2 aliphatic rings. The fourth-order valence-electron chi connectivity index (χ4n) is 3.12. The smallest absolute Gasteiger partial charge is 0.0519 e. The monoisotopic (exact) mass is 197 g/mol. The molecule has 1 aliphatic carbocycles. The first-order chi connectivity index (χ1) is 6.65. The highest BCUT2D eigenvalue weighted by atomic mass is 16.5. The molecule has 14 heavy (non-hydrogen) atoms. The molecule has 1 heterocycles. The van der Waals surface area contributed by atoms with E-state index < -0.39 is 0 Å². The molecule has 2 atom stereocenters. The van der Waals surface area contributed by atoms with E-state index in [1.165, 1.54) is 25.9 Å². The molecule has 1 aliphatic heterocycles. The Morgan fingerprint density at radius 2 is 1.79 bits per heavy atom. The van der Waals surface area contributed by atoms with Crippen molar-refractivity contribution in [3.05, 3.63) is 0 Å². The zero-order chi connectivity index (χ0) is 10.1. The molecule has 0 amide bonds. The van der Waals surface area contributed by atoms with Gasteiger partial charge in [0.05, 0.1) is 6.10 Å². The van der Waals surface area contributed by atoms with Gasteiger partial charge in [0.2, 0.25) is 0 Å². The second-order valence-corrected chi connectivity index (χ2v) is 5.46. The van der Waals surface area contributed by atoms with Crippen LogP contribution < -0.4 is 0 Å². The molecule has 1 saturated carbocycles. The van der Waals surface area contributed by atoms with Gasteiger partial charge in [-0.2, -0.15) is 0 Å². The van der Waals surface area contributed by atoms with Crippen molar-refractivity contribution in [2.45, 2.75) is 32.8 Å². The molecular formula is C12H23NO. The third-order valence-electron chi connectivity index (χ3n) is 3.70. The minimum absolute atomic E-state index is 0.401. The topological polar surface area (TPSA) is 12.5 Å². The predicted octanol–water partition coefficient (Wildman–Crippen LogP) is 2.00. The second-order valence-electron chi connectivity index (χ2n) is 5.46. The Kier molecular flexibility index (Phi) is 3.13. The summed E-state index contributed by atoms with van der Waals surface area (Å²) in [4.78, 5) is 2.48. The average Bonchev–Trinajstić information content (AvgIpc) is 2.57. The molecule has 0 N–H and O–H groups in total. The zero-order valence-electron chi connectivity index (χ0n) is 9.70. The van der Waals surface area contributed by atoms with E-state index in [1.54, 1.807) is 0 Å². The molecule has 1 saturated heterocycles. The van der Waals surface area contributed by atoms with Gasteiger partial charge in [-0.3, -0.25) is 0 Å². The molecule has 0 radical (unpaired) electrons. The lowest BCUT2D eigenvalue weighted by Gasteiger charge is -2.16. The Bertz CT molecular complexity index is 179. The van der Waals surface area contributed by atoms with Gasteiger partial charge in [-0.1, -0.05) is 0 Å². The van der Waals surface area contributed by atoms with Gasteiger partial charge >= 0.3 is 0 Å². The summed E-state index contributed by atoms with van der Waals surface area (Å²) in [5, 5.41) is 0. The maximum Gasteiger partial charge on any atom is 0.0519 e. The predicted molar refractivity (Wildman–Crippen MR) is 58.3 cm³/mol. The van der Waals surface area contributed by atoms with Crippen LogP contribution in [0.15, 0.2) is 0 Å². The maximum absolute atomic E-state index is 5.70. The van der Waals surface area contributed by atoms with Gasteiger partial charge in [-0.15, -0.1) is 0 Å². The highest BCUT2D eigenvalue weighted by molar-refractivity contribution is 4.91. The number of likely N-dealkylation sites (tertiary alicyclic amines) is 1. The van der Waals surface area contributed by atoms with Crippen LogP contribution in [0.4, 0.5) is 0 Å². The summed E-state index contributed by atoms with van der Waals surface area (Å²) < 4.78 is 5.70. The molecule has 82 valence electrons. The van der Waals surface area contributed by atoms with Crippen molar-refractivity contribution in [2.24, 2.45) is 17.8 Å². The molecular weight excluding hydrogens is 174 g/mol. The Labute approximate surface area is 87.6 Å². The third-order valence-corrected chi connectivity index (χ3v) is 3.70. The van der Waals surface area contributed by atoms with E-state index in [9.17, 15) is 0 Å². The van der Waals surface area contributed by atoms with E-state index in [2.05, 4.69) is 25.8 Å². The standard InChI is InChI=1S/C12H23NO/c1-9(2)14-8-10-4-11-6-13(3)7-12(11)5-10/h9-12H,4-8H2,1-3H3. The Hall–Kier alpha value is -0.0800. The van der Waals surface area contributed by atoms with Crippen molar-refractivity contribution < 1.29 is 4.74 Å². The van der Waals surface area contributed by atoms with Crippen molar-refractivity contribution in [3.63, 3.8) is 0 Å². The van der Waals surface area contributed by atoms with E-state index in [0.717, 1.165) is 24.4 Å². The van der Waals surface area contributed by atoms with Crippen LogP contribution in [-0.2, 0) is 4.74 Å². The molecule has 0 aromatic carbocycles. The lowest BCUT2D eigenvalue weighted by molar-refractivity contribution is 0.0499. The maximum atomic E-state index is 5.70. The van der Waals surface area contributed by atoms with Gasteiger partial charge in [-0.25, -0.2) is 0 Å². The van der Waals surface area contributed by atoms with Crippen LogP contribution in [0.1, 0.15) is 26.7 Å². The van der Waals surface area contributed by atoms with Gasteiger partial charge < -0.3 is 9.64 Å². The number of ether oxygens (including phenoxy) is 1. The lowest BCUT2D eigenvalue weighted by atomic mass is 10.0. The van der Waals surface area contributed by atoms with Crippen LogP contribution in [0.2, 0.25) is 0 Å². The molecule has 0 bridgehead atoms. The largest absolute Gasteiger partial charge is 0.379 e. The fraction of sp³-hybridized carbons (Fsp3) is 1.00. The number of hydrogen-bond donors (Lipinski definition) is 0. The van der Waals surface area contributed by atoms with Gasteiger partial charge in [-0.05, 0) is 51.5 Å². The van der Waals surface area contributed by atoms with E-state index in [-0.39, 0.29) is 0 Å². The van der Waals surface area contributed by atoms with Crippen LogP contribution in [0, 0.1) is 17.8 Å². The molecule has 2 heteroatoms. The van der Waals surface area contributed by atoms with Crippen molar-refractivity contribution in [2.75, 3.05) is 26.7 Å². The summed E-state index contributed by atoms with van der Waals surface area (Å²) in [6, 6.07) is 0. The summed E-state index contributed by atoms with van der Waals surface area (Å²) in [6.45, 7) is 7.90. The van der Waals surface area contributed by atoms with Crippen LogP contribution in [-0.4, -0.2) is 37.7 Å². The Balaban J connectivity index is 1.74. The third kappa shape index (κ3) is 2.29. The average molecular weight is 197 g/mol. The quantitative estimate of drug-likeness (QED) is 0.686. The summed E-state index contributed by atoms with van der Waals surface area (Å²) in [5.41, 5.74) is 0.